The summed E-state index contributed by atoms with van der Waals surface area (Å²) in [5.41, 5.74) is -0.351. The molecule has 7 heteroatoms. The van der Waals surface area contributed by atoms with Crippen LogP contribution in [0.4, 0.5) is 4.79 Å². The van der Waals surface area contributed by atoms with Gasteiger partial charge in [-0.3, -0.25) is 9.59 Å². The van der Waals surface area contributed by atoms with Crippen molar-refractivity contribution in [3.05, 3.63) is 0 Å². The molecule has 0 atom stereocenters. The fraction of sp³-hybridized carbons (Fsp3) is 0.842. The fourth-order valence-corrected chi connectivity index (χ4v) is 1.13. The predicted octanol–water partition coefficient (Wildman–Crippen LogP) is 4.51. The van der Waals surface area contributed by atoms with E-state index in [0.29, 0.717) is 26.2 Å². The maximum absolute atomic E-state index is 10.8. The number of ether oxygens (including phenoxy) is 4. The molecule has 0 spiro atoms. The molecule has 26 heavy (non-hydrogen) atoms. The van der Waals surface area contributed by atoms with E-state index in [1.165, 1.54) is 0 Å². The van der Waals surface area contributed by atoms with E-state index in [4.69, 9.17) is 4.74 Å². The minimum Gasteiger partial charge on any atom is -0.466 e. The third-order valence-electron chi connectivity index (χ3n) is 2.24. The Morgan fingerprint density at radius 2 is 1.27 bits per heavy atom. The van der Waals surface area contributed by atoms with Gasteiger partial charge in [0, 0.05) is 6.42 Å². The highest BCUT2D eigenvalue weighted by Crippen LogP contribution is 2.14. The van der Waals surface area contributed by atoms with Crippen LogP contribution in [0.25, 0.3) is 0 Å². The van der Waals surface area contributed by atoms with Gasteiger partial charge in [0.2, 0.25) is 0 Å². The van der Waals surface area contributed by atoms with Crippen LogP contribution >= 0.6 is 0 Å². The maximum Gasteiger partial charge on any atom is 0.508 e. The molecule has 0 aliphatic carbocycles. The summed E-state index contributed by atoms with van der Waals surface area (Å²) >= 11 is 0. The quantitative estimate of drug-likeness (QED) is 0.496. The molecule has 0 aliphatic heterocycles. The van der Waals surface area contributed by atoms with E-state index in [9.17, 15) is 14.4 Å². The molecule has 0 heterocycles. The lowest BCUT2D eigenvalue weighted by Gasteiger charge is -2.14. The van der Waals surface area contributed by atoms with E-state index in [1.54, 1.807) is 20.8 Å². The van der Waals surface area contributed by atoms with Crippen molar-refractivity contribution in [1.29, 1.82) is 0 Å². The number of hydrogen-bond acceptors (Lipinski definition) is 7. The van der Waals surface area contributed by atoms with Crippen molar-refractivity contribution < 1.29 is 33.3 Å². The van der Waals surface area contributed by atoms with Crippen LogP contribution in [-0.4, -0.2) is 44.0 Å². The van der Waals surface area contributed by atoms with Crippen LogP contribution in [0.15, 0.2) is 0 Å². The molecule has 156 valence electrons. The van der Waals surface area contributed by atoms with E-state index < -0.39 is 6.16 Å². The van der Waals surface area contributed by atoms with Crippen LogP contribution in [0.1, 0.15) is 75.2 Å². The van der Waals surface area contributed by atoms with Gasteiger partial charge in [0.15, 0.2) is 0 Å². The van der Waals surface area contributed by atoms with E-state index in [1.807, 2.05) is 41.5 Å². The molecule has 0 N–H and O–H groups in total. The molecule has 0 saturated heterocycles. The van der Waals surface area contributed by atoms with Crippen molar-refractivity contribution in [3.8, 4) is 0 Å². The van der Waals surface area contributed by atoms with Crippen molar-refractivity contribution in [1.82, 2.24) is 0 Å². The van der Waals surface area contributed by atoms with Crippen LogP contribution < -0.4 is 0 Å². The zero-order valence-electron chi connectivity index (χ0n) is 18.0. The van der Waals surface area contributed by atoms with Crippen molar-refractivity contribution in [3.63, 3.8) is 0 Å². The Balaban J connectivity index is -0.000000306. The van der Waals surface area contributed by atoms with Gasteiger partial charge in [-0.15, -0.1) is 0 Å². The number of hydrogen-bond donors (Lipinski definition) is 0. The van der Waals surface area contributed by atoms with E-state index in [0.717, 1.165) is 6.42 Å². The second-order valence-corrected chi connectivity index (χ2v) is 6.38. The summed E-state index contributed by atoms with van der Waals surface area (Å²) in [6, 6.07) is 0. The summed E-state index contributed by atoms with van der Waals surface area (Å²) < 4.78 is 18.5. The SMILES string of the molecule is CCCC(=O)OCC.CCOC(=O)C(C)(C)C.CCOC(=O)OC(C)C. The lowest BCUT2D eigenvalue weighted by molar-refractivity contribution is -0.152. The molecule has 0 rings (SSSR count). The summed E-state index contributed by atoms with van der Waals surface area (Å²) in [7, 11) is 0. The Bertz CT molecular complexity index is 363. The average Bonchev–Trinajstić information content (AvgIpc) is 2.48. The summed E-state index contributed by atoms with van der Waals surface area (Å²) in [6.07, 6.45) is 0.740. The summed E-state index contributed by atoms with van der Waals surface area (Å²) in [6.45, 7) is 17.7. The van der Waals surface area contributed by atoms with Crippen molar-refractivity contribution in [2.24, 2.45) is 5.41 Å². The van der Waals surface area contributed by atoms with Crippen LogP contribution in [0.2, 0.25) is 0 Å². The predicted molar refractivity (Wildman–Crippen MR) is 101 cm³/mol. The largest absolute Gasteiger partial charge is 0.508 e. The highest BCUT2D eigenvalue weighted by Gasteiger charge is 2.21. The highest BCUT2D eigenvalue weighted by molar-refractivity contribution is 5.75. The normalized spacial score (nSPS) is 9.77. The van der Waals surface area contributed by atoms with Gasteiger partial charge in [0.25, 0.3) is 0 Å². The monoisotopic (exact) mass is 378 g/mol. The maximum atomic E-state index is 10.8. The van der Waals surface area contributed by atoms with Crippen LogP contribution in [-0.2, 0) is 28.5 Å². The number of esters is 2. The fourth-order valence-electron chi connectivity index (χ4n) is 1.13. The Morgan fingerprint density at radius 1 is 0.808 bits per heavy atom. The first kappa shape index (κ1) is 29.0. The smallest absolute Gasteiger partial charge is 0.466 e. The minimum absolute atomic E-state index is 0.0880. The van der Waals surface area contributed by atoms with Crippen LogP contribution in [0, 0.1) is 5.41 Å². The number of carbonyl (C=O) groups is 3. The molecule has 0 aliphatic rings. The molecular weight excluding hydrogens is 340 g/mol. The molecule has 0 unspecified atom stereocenters. The molecule has 0 saturated carbocycles. The lowest BCUT2D eigenvalue weighted by Crippen LogP contribution is -2.22. The summed E-state index contributed by atoms with van der Waals surface area (Å²) in [4.78, 5) is 31.7. The van der Waals surface area contributed by atoms with Gasteiger partial charge < -0.3 is 18.9 Å². The van der Waals surface area contributed by atoms with E-state index >= 15 is 0 Å². The topological polar surface area (TPSA) is 88.1 Å². The number of carbonyl (C=O) groups excluding carboxylic acids is 3. The first-order valence-corrected chi connectivity index (χ1v) is 9.12. The zero-order chi connectivity index (χ0) is 21.2. The van der Waals surface area contributed by atoms with Gasteiger partial charge >= 0.3 is 18.1 Å². The molecule has 0 aromatic heterocycles. The Kier molecular flexibility index (Phi) is 20.1. The molecular formula is C19H38O7. The molecule has 0 bridgehead atoms. The Morgan fingerprint density at radius 3 is 1.54 bits per heavy atom. The highest BCUT2D eigenvalue weighted by atomic mass is 16.7. The Labute approximate surface area is 158 Å². The Hall–Kier alpha value is -1.79. The molecule has 0 radical (unpaired) electrons. The van der Waals surface area contributed by atoms with Crippen LogP contribution in [0.3, 0.4) is 0 Å². The number of rotatable bonds is 6. The van der Waals surface area contributed by atoms with E-state index in [-0.39, 0.29) is 23.5 Å². The second-order valence-electron chi connectivity index (χ2n) is 6.38. The minimum atomic E-state index is -0.590. The van der Waals surface area contributed by atoms with Crippen molar-refractivity contribution in [2.75, 3.05) is 19.8 Å². The van der Waals surface area contributed by atoms with Crippen molar-refractivity contribution >= 4 is 18.1 Å². The second kappa shape index (κ2) is 18.0. The summed E-state index contributed by atoms with van der Waals surface area (Å²) in [5.74, 6) is -0.222. The lowest BCUT2D eigenvalue weighted by atomic mass is 9.97. The molecule has 0 fully saturated rings. The van der Waals surface area contributed by atoms with Crippen LogP contribution in [0.5, 0.6) is 0 Å². The molecule has 7 nitrogen and oxygen atoms in total. The van der Waals surface area contributed by atoms with Crippen molar-refractivity contribution in [2.45, 2.75) is 81.3 Å². The van der Waals surface area contributed by atoms with Gasteiger partial charge in [-0.1, -0.05) is 6.92 Å². The standard InChI is InChI=1S/C7H14O2.C6H12O3.C6H12O2/c1-5-9-6(8)7(2,3)4;1-4-8-6(7)9-5(2)3;1-3-5-6(7)8-4-2/h5H2,1-4H3;5H,4H2,1-3H3;3-5H2,1-2H3. The molecule has 0 aromatic rings. The zero-order valence-corrected chi connectivity index (χ0v) is 18.0. The van der Waals surface area contributed by atoms with Gasteiger partial charge in [-0.05, 0) is 61.8 Å². The third-order valence-corrected chi connectivity index (χ3v) is 2.24. The van der Waals surface area contributed by atoms with Gasteiger partial charge in [-0.2, -0.15) is 0 Å². The first-order valence-electron chi connectivity index (χ1n) is 9.12. The van der Waals surface area contributed by atoms with Gasteiger partial charge in [-0.25, -0.2) is 4.79 Å². The van der Waals surface area contributed by atoms with Gasteiger partial charge in [0.05, 0.1) is 31.3 Å². The third kappa shape index (κ3) is 24.5. The average molecular weight is 379 g/mol. The van der Waals surface area contributed by atoms with Gasteiger partial charge in [0.1, 0.15) is 0 Å². The van der Waals surface area contributed by atoms with E-state index in [2.05, 4.69) is 14.2 Å². The molecule has 0 aromatic carbocycles. The summed E-state index contributed by atoms with van der Waals surface area (Å²) in [5, 5.41) is 0. The first-order chi connectivity index (χ1) is 12.0. The molecule has 0 amide bonds.